The molecule has 48 heavy (non-hydrogen) atoms. The van der Waals surface area contributed by atoms with Crippen molar-refractivity contribution in [2.24, 2.45) is 0 Å². The first-order chi connectivity index (χ1) is 23.8. The number of benzene rings is 8. The Kier molecular flexibility index (Phi) is 6.87. The van der Waals surface area contributed by atoms with Gasteiger partial charge in [0.1, 0.15) is 0 Å². The minimum atomic E-state index is 0.953. The Morgan fingerprint density at radius 2 is 0.583 bits per heavy atom. The maximum absolute atomic E-state index is 5.32. The Bertz CT molecular complexity index is 2460. The van der Waals surface area contributed by atoms with E-state index in [2.05, 4.69) is 188 Å². The van der Waals surface area contributed by atoms with E-state index < -0.39 is 0 Å². The van der Waals surface area contributed by atoms with Gasteiger partial charge in [0.25, 0.3) is 0 Å². The van der Waals surface area contributed by atoms with Crippen molar-refractivity contribution in [1.82, 2.24) is 4.98 Å². The molecule has 0 amide bonds. The molecule has 9 aromatic rings. The first-order valence-corrected chi connectivity index (χ1v) is 16.5. The highest BCUT2D eigenvalue weighted by Gasteiger charge is 2.14. The number of aromatic nitrogens is 1. The fourth-order valence-corrected chi connectivity index (χ4v) is 7.06. The Morgan fingerprint density at radius 3 is 1.08 bits per heavy atom. The molecule has 0 aliphatic rings. The molecule has 0 unspecified atom stereocenters. The molecule has 0 saturated carbocycles. The molecular weight excluding hydrogens is 579 g/mol. The van der Waals surface area contributed by atoms with Gasteiger partial charge in [0.15, 0.2) is 0 Å². The van der Waals surface area contributed by atoms with Crippen LogP contribution in [0.4, 0.5) is 0 Å². The highest BCUT2D eigenvalue weighted by Crippen LogP contribution is 2.39. The van der Waals surface area contributed by atoms with E-state index in [4.69, 9.17) is 4.98 Å². The molecule has 1 aromatic heterocycles. The number of hydrogen-bond donors (Lipinski definition) is 0. The lowest BCUT2D eigenvalue weighted by Gasteiger charge is -2.14. The van der Waals surface area contributed by atoms with Crippen molar-refractivity contribution in [3.63, 3.8) is 0 Å². The standard InChI is InChI=1S/C47H31N/c1-3-13-32(14-4-1)34-17-11-19-37(27-34)46-30-39(31-47(48-46)38-20-12-18-35(28-38)33-15-5-2-6-16-33)36-25-26-44-42-23-8-7-21-40(42)41-22-9-10-24-43(41)45(44)29-36/h1-31H. The summed E-state index contributed by atoms with van der Waals surface area (Å²) in [7, 11) is 0. The molecule has 1 nitrogen and oxygen atoms in total. The molecule has 0 spiro atoms. The zero-order valence-corrected chi connectivity index (χ0v) is 26.3. The molecule has 0 aliphatic heterocycles. The van der Waals surface area contributed by atoms with Gasteiger partial charge in [-0.3, -0.25) is 0 Å². The molecule has 0 N–H and O–H groups in total. The molecule has 8 aromatic carbocycles. The van der Waals surface area contributed by atoms with Gasteiger partial charge in [-0.05, 0) is 96.0 Å². The van der Waals surface area contributed by atoms with Gasteiger partial charge in [-0.15, -0.1) is 0 Å². The van der Waals surface area contributed by atoms with E-state index in [0.29, 0.717) is 0 Å². The zero-order valence-electron chi connectivity index (χ0n) is 26.3. The van der Waals surface area contributed by atoms with E-state index in [1.165, 1.54) is 60.1 Å². The second kappa shape index (κ2) is 11.8. The van der Waals surface area contributed by atoms with E-state index >= 15 is 0 Å². The molecule has 224 valence electrons. The first kappa shape index (κ1) is 28.0. The fourth-order valence-electron chi connectivity index (χ4n) is 7.06. The van der Waals surface area contributed by atoms with Crippen LogP contribution in [0, 0.1) is 0 Å². The van der Waals surface area contributed by atoms with Gasteiger partial charge in [0.05, 0.1) is 11.4 Å². The lowest BCUT2D eigenvalue weighted by molar-refractivity contribution is 1.32. The minimum Gasteiger partial charge on any atom is -0.248 e. The van der Waals surface area contributed by atoms with Crippen LogP contribution < -0.4 is 0 Å². The largest absolute Gasteiger partial charge is 0.248 e. The monoisotopic (exact) mass is 609 g/mol. The molecule has 1 heterocycles. The summed E-state index contributed by atoms with van der Waals surface area (Å²) >= 11 is 0. The second-order valence-corrected chi connectivity index (χ2v) is 12.4. The average Bonchev–Trinajstić information content (AvgIpc) is 3.18. The normalized spacial score (nSPS) is 11.3. The molecule has 0 bridgehead atoms. The van der Waals surface area contributed by atoms with Gasteiger partial charge in [0, 0.05) is 11.1 Å². The Labute approximate surface area is 280 Å². The lowest BCUT2D eigenvalue weighted by atomic mass is 9.91. The van der Waals surface area contributed by atoms with Crippen LogP contribution in [-0.2, 0) is 0 Å². The van der Waals surface area contributed by atoms with Gasteiger partial charge in [-0.25, -0.2) is 4.98 Å². The van der Waals surface area contributed by atoms with Crippen LogP contribution in [-0.4, -0.2) is 4.98 Å². The van der Waals surface area contributed by atoms with Gasteiger partial charge in [-0.1, -0.05) is 158 Å². The smallest absolute Gasteiger partial charge is 0.0715 e. The highest BCUT2D eigenvalue weighted by molar-refractivity contribution is 6.25. The van der Waals surface area contributed by atoms with E-state index in [-0.39, 0.29) is 0 Å². The number of nitrogens with zero attached hydrogens (tertiary/aromatic N) is 1. The van der Waals surface area contributed by atoms with Crippen LogP contribution in [0.2, 0.25) is 0 Å². The summed E-state index contributed by atoms with van der Waals surface area (Å²) in [6, 6.07) is 67.5. The van der Waals surface area contributed by atoms with Crippen molar-refractivity contribution in [3.05, 3.63) is 188 Å². The van der Waals surface area contributed by atoms with Crippen LogP contribution in [0.15, 0.2) is 188 Å². The molecule has 9 rings (SSSR count). The van der Waals surface area contributed by atoms with Gasteiger partial charge in [-0.2, -0.15) is 0 Å². The van der Waals surface area contributed by atoms with E-state index in [9.17, 15) is 0 Å². The third-order valence-electron chi connectivity index (χ3n) is 9.43. The van der Waals surface area contributed by atoms with E-state index in [1.54, 1.807) is 0 Å². The molecule has 0 fully saturated rings. The van der Waals surface area contributed by atoms with Crippen molar-refractivity contribution in [3.8, 4) is 55.9 Å². The number of rotatable bonds is 5. The predicted octanol–water partition coefficient (Wildman–Crippen LogP) is 12.9. The lowest BCUT2D eigenvalue weighted by Crippen LogP contribution is -1.92. The third kappa shape index (κ3) is 5.03. The summed E-state index contributed by atoms with van der Waals surface area (Å²) in [6.07, 6.45) is 0. The summed E-state index contributed by atoms with van der Waals surface area (Å²) in [5, 5.41) is 7.66. The second-order valence-electron chi connectivity index (χ2n) is 12.4. The number of hydrogen-bond acceptors (Lipinski definition) is 1. The molecule has 1 heteroatoms. The van der Waals surface area contributed by atoms with Crippen molar-refractivity contribution < 1.29 is 0 Å². The topological polar surface area (TPSA) is 12.9 Å². The highest BCUT2D eigenvalue weighted by atomic mass is 14.7. The molecule has 0 aliphatic carbocycles. The summed E-state index contributed by atoms with van der Waals surface area (Å²) in [5.41, 5.74) is 11.2. The summed E-state index contributed by atoms with van der Waals surface area (Å²) in [6.45, 7) is 0. The summed E-state index contributed by atoms with van der Waals surface area (Å²) in [5.74, 6) is 0. The predicted molar refractivity (Wildman–Crippen MR) is 204 cm³/mol. The molecule has 0 radical (unpaired) electrons. The van der Waals surface area contributed by atoms with Crippen LogP contribution in [0.1, 0.15) is 0 Å². The van der Waals surface area contributed by atoms with Crippen molar-refractivity contribution >= 4 is 32.3 Å². The van der Waals surface area contributed by atoms with Gasteiger partial charge in [0.2, 0.25) is 0 Å². The summed E-state index contributed by atoms with van der Waals surface area (Å²) < 4.78 is 0. The average molecular weight is 610 g/mol. The maximum atomic E-state index is 5.32. The first-order valence-electron chi connectivity index (χ1n) is 16.5. The van der Waals surface area contributed by atoms with Crippen LogP contribution in [0.25, 0.3) is 88.2 Å². The minimum absolute atomic E-state index is 0.953. The van der Waals surface area contributed by atoms with Gasteiger partial charge < -0.3 is 0 Å². The van der Waals surface area contributed by atoms with E-state index in [1.807, 2.05) is 0 Å². The van der Waals surface area contributed by atoms with Crippen molar-refractivity contribution in [2.45, 2.75) is 0 Å². The Hall–Kier alpha value is -6.31. The van der Waals surface area contributed by atoms with Crippen molar-refractivity contribution in [1.29, 1.82) is 0 Å². The van der Waals surface area contributed by atoms with Crippen molar-refractivity contribution in [2.75, 3.05) is 0 Å². The number of pyridine rings is 1. The van der Waals surface area contributed by atoms with Crippen LogP contribution in [0.3, 0.4) is 0 Å². The number of fused-ring (bicyclic) bond motifs is 6. The molecule has 0 saturated heterocycles. The maximum Gasteiger partial charge on any atom is 0.0715 e. The van der Waals surface area contributed by atoms with Crippen LogP contribution >= 0.6 is 0 Å². The van der Waals surface area contributed by atoms with E-state index in [0.717, 1.165) is 28.1 Å². The molecule has 0 atom stereocenters. The Morgan fingerprint density at radius 1 is 0.208 bits per heavy atom. The quantitative estimate of drug-likeness (QED) is 0.177. The SMILES string of the molecule is c1ccc(-c2cccc(-c3cc(-c4ccc5c6ccccc6c6ccccc6c5c4)cc(-c4cccc(-c5ccccc5)c4)n3)c2)cc1. The molecular formula is C47H31N. The van der Waals surface area contributed by atoms with Crippen LogP contribution in [0.5, 0.6) is 0 Å². The van der Waals surface area contributed by atoms with Gasteiger partial charge >= 0.3 is 0 Å². The summed E-state index contributed by atoms with van der Waals surface area (Å²) in [4.78, 5) is 5.32. The Balaban J connectivity index is 1.26. The third-order valence-corrected chi connectivity index (χ3v) is 9.43. The zero-order chi connectivity index (χ0) is 31.9. The fraction of sp³-hybridized carbons (Fsp3) is 0.